The summed E-state index contributed by atoms with van der Waals surface area (Å²) in [5.74, 6) is -0.310. The van der Waals surface area contributed by atoms with Crippen LogP contribution in [-0.4, -0.2) is 56.6 Å². The first-order valence-electron chi connectivity index (χ1n) is 9.74. The van der Waals surface area contributed by atoms with Crippen LogP contribution in [0.15, 0.2) is 53.6 Å². The van der Waals surface area contributed by atoms with Gasteiger partial charge in [0.1, 0.15) is 10.9 Å². The third-order valence-corrected chi connectivity index (χ3v) is 7.67. The molecule has 2 aromatic carbocycles. The van der Waals surface area contributed by atoms with Crippen molar-refractivity contribution < 1.29 is 17.9 Å². The van der Waals surface area contributed by atoms with Crippen molar-refractivity contribution in [1.82, 2.24) is 14.6 Å². The van der Waals surface area contributed by atoms with E-state index in [0.29, 0.717) is 26.3 Å². The normalized spacial score (nSPS) is 15.9. The van der Waals surface area contributed by atoms with Crippen molar-refractivity contribution in [2.24, 2.45) is 0 Å². The number of ether oxygens (including phenoxy) is 1. The first kappa shape index (κ1) is 22.1. The van der Waals surface area contributed by atoms with E-state index in [1.165, 1.54) is 18.2 Å². The Morgan fingerprint density at radius 1 is 1.13 bits per heavy atom. The Bertz CT molecular complexity index is 1210. The van der Waals surface area contributed by atoms with E-state index >= 15 is 0 Å². The Hall–Kier alpha value is -2.10. The molecular weight excluding hydrogens is 461 g/mol. The molecule has 2 N–H and O–H groups in total. The number of hydrogen-bond acceptors (Lipinski definition) is 4. The van der Waals surface area contributed by atoms with E-state index in [1.54, 1.807) is 11.1 Å². The minimum absolute atomic E-state index is 0.0821. The number of amides is 1. The number of hydrogen-bond donors (Lipinski definition) is 2. The lowest BCUT2D eigenvalue weighted by Gasteiger charge is -2.30. The van der Waals surface area contributed by atoms with Gasteiger partial charge in [-0.15, -0.1) is 0 Å². The molecular formula is C21H21Cl2N3O4S. The second-order valence-electron chi connectivity index (χ2n) is 7.23. The molecule has 2 heterocycles. The first-order valence-corrected chi connectivity index (χ1v) is 12.0. The van der Waals surface area contributed by atoms with E-state index < -0.39 is 16.1 Å². The van der Waals surface area contributed by atoms with Gasteiger partial charge in [0.25, 0.3) is 0 Å². The van der Waals surface area contributed by atoms with Crippen molar-refractivity contribution in [2.45, 2.75) is 17.4 Å². The van der Waals surface area contributed by atoms with Gasteiger partial charge in [0.2, 0.25) is 15.9 Å². The molecule has 1 aromatic heterocycles. The number of para-hydroxylation sites is 1. The standard InChI is InChI=1S/C21H21Cl2N3O4S/c22-16-5-3-7-19(20(16)23)31(28,29)25-18(21(27)26-8-10-30-11-9-26)12-14-13-24-17-6-2-1-4-15(14)17/h1-7,13,18,24-25H,8-12H2/t18-/m1/s1. The number of benzene rings is 2. The summed E-state index contributed by atoms with van der Waals surface area (Å²) >= 11 is 12.1. The Labute approximate surface area is 190 Å². The van der Waals surface area contributed by atoms with Gasteiger partial charge in [-0.3, -0.25) is 4.79 Å². The maximum Gasteiger partial charge on any atom is 0.242 e. The third-order valence-electron chi connectivity index (χ3n) is 5.22. The molecule has 1 saturated heterocycles. The first-order chi connectivity index (χ1) is 14.9. The number of halogens is 2. The zero-order valence-corrected chi connectivity index (χ0v) is 18.8. The van der Waals surface area contributed by atoms with Gasteiger partial charge in [0.15, 0.2) is 0 Å². The van der Waals surface area contributed by atoms with Crippen LogP contribution in [0.5, 0.6) is 0 Å². The van der Waals surface area contributed by atoms with Crippen LogP contribution in [0, 0.1) is 0 Å². The summed E-state index contributed by atoms with van der Waals surface area (Å²) in [5, 5.41) is 0.973. The number of fused-ring (bicyclic) bond motifs is 1. The molecule has 0 spiro atoms. The molecule has 1 aliphatic rings. The SMILES string of the molecule is O=C([C@@H](Cc1c[nH]c2ccccc12)NS(=O)(=O)c1cccc(Cl)c1Cl)N1CCOCC1. The molecule has 0 aliphatic carbocycles. The second kappa shape index (κ2) is 9.18. The zero-order valence-electron chi connectivity index (χ0n) is 16.5. The molecule has 1 fully saturated rings. The minimum atomic E-state index is -4.11. The van der Waals surface area contributed by atoms with Gasteiger partial charge < -0.3 is 14.6 Å². The van der Waals surface area contributed by atoms with E-state index in [-0.39, 0.29) is 27.3 Å². The summed E-state index contributed by atoms with van der Waals surface area (Å²) in [7, 11) is -4.11. The molecule has 1 amide bonds. The highest BCUT2D eigenvalue weighted by atomic mass is 35.5. The molecule has 4 rings (SSSR count). The van der Waals surface area contributed by atoms with Crippen LogP contribution in [0.25, 0.3) is 10.9 Å². The Morgan fingerprint density at radius 3 is 2.65 bits per heavy atom. The molecule has 0 saturated carbocycles. The topological polar surface area (TPSA) is 91.5 Å². The monoisotopic (exact) mass is 481 g/mol. The fourth-order valence-corrected chi connectivity index (χ4v) is 5.60. The van der Waals surface area contributed by atoms with Gasteiger partial charge in [-0.1, -0.05) is 47.5 Å². The van der Waals surface area contributed by atoms with Crippen LogP contribution in [0.1, 0.15) is 5.56 Å². The zero-order chi connectivity index (χ0) is 22.0. The quantitative estimate of drug-likeness (QED) is 0.565. The Balaban J connectivity index is 1.67. The average molecular weight is 482 g/mol. The molecule has 7 nitrogen and oxygen atoms in total. The number of nitrogens with zero attached hydrogens (tertiary/aromatic N) is 1. The van der Waals surface area contributed by atoms with E-state index in [9.17, 15) is 13.2 Å². The van der Waals surface area contributed by atoms with Gasteiger partial charge in [-0.25, -0.2) is 8.42 Å². The second-order valence-corrected chi connectivity index (χ2v) is 9.69. The predicted molar refractivity (Wildman–Crippen MR) is 120 cm³/mol. The number of nitrogens with one attached hydrogen (secondary N) is 2. The van der Waals surface area contributed by atoms with Crippen molar-refractivity contribution in [3.8, 4) is 0 Å². The maximum atomic E-state index is 13.3. The highest BCUT2D eigenvalue weighted by molar-refractivity contribution is 7.89. The lowest BCUT2D eigenvalue weighted by molar-refractivity contribution is -0.137. The van der Waals surface area contributed by atoms with Crippen molar-refractivity contribution in [3.63, 3.8) is 0 Å². The summed E-state index contributed by atoms with van der Waals surface area (Å²) in [4.78, 5) is 17.9. The van der Waals surface area contributed by atoms with Gasteiger partial charge in [0.05, 0.1) is 23.3 Å². The minimum Gasteiger partial charge on any atom is -0.378 e. The molecule has 0 bridgehead atoms. The molecule has 10 heteroatoms. The summed E-state index contributed by atoms with van der Waals surface area (Å²) in [6.45, 7) is 1.64. The van der Waals surface area contributed by atoms with E-state index in [1.807, 2.05) is 24.3 Å². The van der Waals surface area contributed by atoms with Gasteiger partial charge in [0, 0.05) is 30.2 Å². The molecule has 3 aromatic rings. The van der Waals surface area contributed by atoms with Crippen LogP contribution in [0.4, 0.5) is 0 Å². The lowest BCUT2D eigenvalue weighted by atomic mass is 10.0. The molecule has 1 aliphatic heterocycles. The van der Waals surface area contributed by atoms with Crippen LogP contribution in [-0.2, 0) is 26.0 Å². The molecule has 31 heavy (non-hydrogen) atoms. The molecule has 164 valence electrons. The summed E-state index contributed by atoms with van der Waals surface area (Å²) in [6, 6.07) is 11.0. The van der Waals surface area contributed by atoms with Crippen LogP contribution < -0.4 is 4.72 Å². The van der Waals surface area contributed by atoms with Crippen LogP contribution in [0.2, 0.25) is 10.0 Å². The van der Waals surface area contributed by atoms with E-state index in [4.69, 9.17) is 27.9 Å². The summed E-state index contributed by atoms with van der Waals surface area (Å²) < 4.78 is 34.2. The highest BCUT2D eigenvalue weighted by Gasteiger charge is 2.32. The Kier molecular flexibility index (Phi) is 6.55. The maximum absolute atomic E-state index is 13.3. The van der Waals surface area contributed by atoms with Crippen LogP contribution in [0.3, 0.4) is 0 Å². The third kappa shape index (κ3) is 4.73. The number of morpholine rings is 1. The van der Waals surface area contributed by atoms with Crippen LogP contribution >= 0.6 is 23.2 Å². The summed E-state index contributed by atoms with van der Waals surface area (Å²) in [5.41, 5.74) is 1.75. The number of carbonyl (C=O) groups is 1. The number of sulfonamides is 1. The molecule has 0 unspecified atom stereocenters. The van der Waals surface area contributed by atoms with Crippen molar-refractivity contribution in [1.29, 1.82) is 0 Å². The molecule has 1 atom stereocenters. The van der Waals surface area contributed by atoms with Gasteiger partial charge >= 0.3 is 0 Å². The number of aromatic amines is 1. The fraction of sp³-hybridized carbons (Fsp3) is 0.286. The number of aromatic nitrogens is 1. The van der Waals surface area contributed by atoms with Crippen molar-refractivity contribution >= 4 is 50.0 Å². The number of carbonyl (C=O) groups excluding carboxylic acids is 1. The van der Waals surface area contributed by atoms with Crippen molar-refractivity contribution in [3.05, 3.63) is 64.3 Å². The number of rotatable bonds is 6. The average Bonchev–Trinajstić information content (AvgIpc) is 3.18. The van der Waals surface area contributed by atoms with E-state index in [2.05, 4.69) is 9.71 Å². The predicted octanol–water partition coefficient (Wildman–Crippen LogP) is 3.22. The largest absolute Gasteiger partial charge is 0.378 e. The van der Waals surface area contributed by atoms with Gasteiger partial charge in [-0.2, -0.15) is 4.72 Å². The van der Waals surface area contributed by atoms with Crippen molar-refractivity contribution in [2.75, 3.05) is 26.3 Å². The number of H-pyrrole nitrogens is 1. The molecule has 0 radical (unpaired) electrons. The van der Waals surface area contributed by atoms with Gasteiger partial charge in [-0.05, 0) is 30.2 Å². The Morgan fingerprint density at radius 2 is 1.87 bits per heavy atom. The van der Waals surface area contributed by atoms with E-state index in [0.717, 1.165) is 16.5 Å². The smallest absolute Gasteiger partial charge is 0.242 e. The fourth-order valence-electron chi connectivity index (χ4n) is 3.65. The highest BCUT2D eigenvalue weighted by Crippen LogP contribution is 2.29. The summed E-state index contributed by atoms with van der Waals surface area (Å²) in [6.07, 6.45) is 1.97. The lowest BCUT2D eigenvalue weighted by Crippen LogP contribution is -2.52.